The molecule has 7 nitrogen and oxygen atoms in total. The van der Waals surface area contributed by atoms with Gasteiger partial charge in [0.2, 0.25) is 0 Å². The third kappa shape index (κ3) is 3.62. The van der Waals surface area contributed by atoms with Crippen molar-refractivity contribution in [3.05, 3.63) is 24.2 Å². The van der Waals surface area contributed by atoms with E-state index in [9.17, 15) is 9.59 Å². The van der Waals surface area contributed by atoms with E-state index in [1.807, 2.05) is 0 Å². The number of rotatable bonds is 5. The fourth-order valence-electron chi connectivity index (χ4n) is 0.975. The van der Waals surface area contributed by atoms with E-state index in [0.717, 1.165) is 0 Å². The Kier molecular flexibility index (Phi) is 4.34. The lowest BCUT2D eigenvalue weighted by molar-refractivity contribution is -0.140. The number of hydrogen-bond donors (Lipinski definition) is 4. The van der Waals surface area contributed by atoms with Crippen molar-refractivity contribution >= 4 is 12.0 Å². The molecule has 0 spiro atoms. The van der Waals surface area contributed by atoms with Gasteiger partial charge >= 0.3 is 12.0 Å². The molecule has 0 aromatic carbocycles. The van der Waals surface area contributed by atoms with Gasteiger partial charge in [0.1, 0.15) is 5.76 Å². The smallest absolute Gasteiger partial charge is 0.328 e. The molecule has 7 heteroatoms. The molecule has 0 bridgehead atoms. The van der Waals surface area contributed by atoms with Crippen LogP contribution in [-0.2, 0) is 11.3 Å². The number of amides is 2. The maximum absolute atomic E-state index is 11.2. The Morgan fingerprint density at radius 1 is 1.50 bits per heavy atom. The molecule has 0 radical (unpaired) electrons. The first-order chi connectivity index (χ1) is 7.63. The quantitative estimate of drug-likeness (QED) is 0.544. The molecule has 4 N–H and O–H groups in total. The number of carbonyl (C=O) groups excluding carboxylic acids is 1. The monoisotopic (exact) mass is 228 g/mol. The summed E-state index contributed by atoms with van der Waals surface area (Å²) in [5, 5.41) is 21.7. The lowest BCUT2D eigenvalue weighted by Crippen LogP contribution is -2.47. The van der Waals surface area contributed by atoms with Crippen molar-refractivity contribution in [3.63, 3.8) is 0 Å². The van der Waals surface area contributed by atoms with E-state index >= 15 is 0 Å². The average Bonchev–Trinajstić information content (AvgIpc) is 2.75. The van der Waals surface area contributed by atoms with Gasteiger partial charge in [0, 0.05) is 0 Å². The lowest BCUT2D eigenvalue weighted by atomic mass is 10.3. The number of furan rings is 1. The van der Waals surface area contributed by atoms with Gasteiger partial charge in [-0.1, -0.05) is 0 Å². The van der Waals surface area contributed by atoms with E-state index in [1.165, 1.54) is 6.26 Å². The number of nitrogens with one attached hydrogen (secondary N) is 2. The lowest BCUT2D eigenvalue weighted by Gasteiger charge is -2.11. The Morgan fingerprint density at radius 2 is 2.25 bits per heavy atom. The second-order valence-corrected chi connectivity index (χ2v) is 2.98. The van der Waals surface area contributed by atoms with Crippen molar-refractivity contribution in [3.8, 4) is 0 Å². The van der Waals surface area contributed by atoms with Crippen LogP contribution in [0.5, 0.6) is 0 Å². The average molecular weight is 228 g/mol. The molecule has 0 aliphatic carbocycles. The number of urea groups is 1. The summed E-state index contributed by atoms with van der Waals surface area (Å²) in [4.78, 5) is 21.7. The molecule has 1 heterocycles. The van der Waals surface area contributed by atoms with Gasteiger partial charge in [0.05, 0.1) is 19.4 Å². The molecular formula is C9H12N2O5. The predicted octanol–water partition coefficient (Wildman–Crippen LogP) is -0.476. The first kappa shape index (κ1) is 12.1. The van der Waals surface area contributed by atoms with E-state index in [2.05, 4.69) is 10.6 Å². The minimum Gasteiger partial charge on any atom is -0.480 e. The highest BCUT2D eigenvalue weighted by molar-refractivity contribution is 5.82. The van der Waals surface area contributed by atoms with Crippen LogP contribution in [0.1, 0.15) is 5.76 Å². The molecule has 0 unspecified atom stereocenters. The minimum atomic E-state index is -1.31. The largest absolute Gasteiger partial charge is 0.480 e. The van der Waals surface area contributed by atoms with Crippen molar-refractivity contribution < 1.29 is 24.2 Å². The summed E-state index contributed by atoms with van der Waals surface area (Å²) in [6, 6.07) is 1.35. The van der Waals surface area contributed by atoms with Gasteiger partial charge in [-0.3, -0.25) is 0 Å². The maximum atomic E-state index is 11.2. The summed E-state index contributed by atoms with van der Waals surface area (Å²) >= 11 is 0. The van der Waals surface area contributed by atoms with Crippen LogP contribution in [0.4, 0.5) is 4.79 Å². The van der Waals surface area contributed by atoms with Crippen molar-refractivity contribution in [2.45, 2.75) is 12.6 Å². The molecule has 1 atom stereocenters. The van der Waals surface area contributed by atoms with E-state index in [0.29, 0.717) is 5.76 Å². The van der Waals surface area contributed by atoms with Crippen LogP contribution in [0.15, 0.2) is 22.8 Å². The van der Waals surface area contributed by atoms with Gasteiger partial charge in [-0.15, -0.1) is 0 Å². The van der Waals surface area contributed by atoms with Gasteiger partial charge in [-0.25, -0.2) is 9.59 Å². The van der Waals surface area contributed by atoms with Crippen molar-refractivity contribution in [1.82, 2.24) is 10.6 Å². The predicted molar refractivity (Wildman–Crippen MR) is 52.6 cm³/mol. The fourth-order valence-corrected chi connectivity index (χ4v) is 0.975. The summed E-state index contributed by atoms with van der Waals surface area (Å²) in [5.74, 6) is -0.748. The minimum absolute atomic E-state index is 0.149. The molecule has 0 aliphatic heterocycles. The van der Waals surface area contributed by atoms with Crippen LogP contribution >= 0.6 is 0 Å². The number of aliphatic hydroxyl groups is 1. The highest BCUT2D eigenvalue weighted by Crippen LogP contribution is 1.98. The molecule has 16 heavy (non-hydrogen) atoms. The molecular weight excluding hydrogens is 216 g/mol. The first-order valence-electron chi connectivity index (χ1n) is 4.54. The molecule has 2 amide bonds. The van der Waals surface area contributed by atoms with E-state index < -0.39 is 24.6 Å². The van der Waals surface area contributed by atoms with Gasteiger partial charge in [0.15, 0.2) is 6.04 Å². The zero-order chi connectivity index (χ0) is 12.0. The molecule has 88 valence electrons. The summed E-state index contributed by atoms with van der Waals surface area (Å²) < 4.78 is 4.95. The Balaban J connectivity index is 2.33. The Bertz CT molecular complexity index is 349. The Labute approximate surface area is 91.1 Å². The van der Waals surface area contributed by atoms with Crippen molar-refractivity contribution in [2.24, 2.45) is 0 Å². The van der Waals surface area contributed by atoms with Crippen LogP contribution in [0.25, 0.3) is 0 Å². The van der Waals surface area contributed by atoms with Gasteiger partial charge < -0.3 is 25.3 Å². The number of carbonyl (C=O) groups is 2. The standard InChI is InChI=1S/C9H12N2O5/c12-5-7(8(13)14)11-9(15)10-4-6-2-1-3-16-6/h1-3,7,12H,4-5H2,(H,13,14)(H2,10,11,15)/t7-/m1/s1. The molecule has 1 aromatic rings. The summed E-state index contributed by atoms with van der Waals surface area (Å²) in [6.45, 7) is -0.514. The fraction of sp³-hybridized carbons (Fsp3) is 0.333. The van der Waals surface area contributed by atoms with Gasteiger partial charge in [-0.2, -0.15) is 0 Å². The highest BCUT2D eigenvalue weighted by atomic mass is 16.4. The van der Waals surface area contributed by atoms with Crippen LogP contribution < -0.4 is 10.6 Å². The third-order valence-corrected chi connectivity index (χ3v) is 1.79. The Morgan fingerprint density at radius 3 is 2.75 bits per heavy atom. The maximum Gasteiger partial charge on any atom is 0.328 e. The van der Waals surface area contributed by atoms with Gasteiger partial charge in [0.25, 0.3) is 0 Å². The van der Waals surface area contributed by atoms with Crippen LogP contribution in [0, 0.1) is 0 Å². The summed E-state index contributed by atoms with van der Waals surface area (Å²) in [6.07, 6.45) is 1.46. The molecule has 0 saturated heterocycles. The van der Waals surface area contributed by atoms with E-state index in [-0.39, 0.29) is 6.54 Å². The first-order valence-corrected chi connectivity index (χ1v) is 4.54. The number of carboxylic acids is 1. The number of hydrogen-bond acceptors (Lipinski definition) is 4. The van der Waals surface area contributed by atoms with Gasteiger partial charge in [-0.05, 0) is 12.1 Å². The second-order valence-electron chi connectivity index (χ2n) is 2.98. The highest BCUT2D eigenvalue weighted by Gasteiger charge is 2.18. The van der Waals surface area contributed by atoms with Crippen molar-refractivity contribution in [2.75, 3.05) is 6.61 Å². The summed E-state index contributed by atoms with van der Waals surface area (Å²) in [7, 11) is 0. The van der Waals surface area contributed by atoms with E-state index in [1.54, 1.807) is 12.1 Å². The van der Waals surface area contributed by atoms with Crippen LogP contribution in [0.2, 0.25) is 0 Å². The zero-order valence-electron chi connectivity index (χ0n) is 8.34. The molecule has 1 rings (SSSR count). The molecule has 1 aromatic heterocycles. The van der Waals surface area contributed by atoms with E-state index in [4.69, 9.17) is 14.6 Å². The SMILES string of the molecule is O=C(NCc1ccco1)N[C@H](CO)C(=O)O. The normalized spacial score (nSPS) is 11.8. The summed E-state index contributed by atoms with van der Waals surface area (Å²) in [5.41, 5.74) is 0. The second kappa shape index (κ2) is 5.76. The number of carboxylic acid groups (broad SMARTS) is 1. The zero-order valence-corrected chi connectivity index (χ0v) is 8.34. The van der Waals surface area contributed by atoms with Crippen LogP contribution in [-0.4, -0.2) is 34.9 Å². The molecule has 0 saturated carbocycles. The number of aliphatic hydroxyl groups excluding tert-OH is 1. The topological polar surface area (TPSA) is 112 Å². The molecule has 0 aliphatic rings. The molecule has 0 fully saturated rings. The van der Waals surface area contributed by atoms with Crippen molar-refractivity contribution in [1.29, 1.82) is 0 Å². The van der Waals surface area contributed by atoms with Crippen LogP contribution in [0.3, 0.4) is 0 Å². The number of aliphatic carboxylic acids is 1. The Hall–Kier alpha value is -2.02. The third-order valence-electron chi connectivity index (χ3n) is 1.79.